The van der Waals surface area contributed by atoms with Crippen LogP contribution in [-0.4, -0.2) is 64.7 Å². The van der Waals surface area contributed by atoms with Gasteiger partial charge in [-0.25, -0.2) is 9.59 Å². The van der Waals surface area contributed by atoms with E-state index in [1.54, 1.807) is 0 Å². The van der Waals surface area contributed by atoms with Crippen LogP contribution in [0, 0.1) is 0 Å². The van der Waals surface area contributed by atoms with E-state index in [1.807, 2.05) is 0 Å². The number of hydrogen-bond donors (Lipinski definition) is 2. The Kier molecular flexibility index (Phi) is 6.26. The number of nitrogens with one attached hydrogen (secondary N) is 1. The predicted molar refractivity (Wildman–Crippen MR) is 77.7 cm³/mol. The minimum atomic E-state index is -0.913. The van der Waals surface area contributed by atoms with Crippen LogP contribution in [0.1, 0.15) is 40.5 Å². The molecule has 0 saturated carbocycles. The summed E-state index contributed by atoms with van der Waals surface area (Å²) in [5, 5.41) is 11.9. The van der Waals surface area contributed by atoms with Gasteiger partial charge in [0, 0.05) is 31.7 Å². The highest BCUT2D eigenvalue weighted by Gasteiger charge is 2.33. The lowest BCUT2D eigenvalue weighted by Crippen LogP contribution is -2.48. The maximum absolute atomic E-state index is 12.0. The number of rotatable bonds is 6. The van der Waals surface area contributed by atoms with Crippen molar-refractivity contribution < 1.29 is 14.7 Å². The Morgan fingerprint density at radius 2 is 1.90 bits per heavy atom. The van der Waals surface area contributed by atoms with Gasteiger partial charge in [0.15, 0.2) is 0 Å². The topological polar surface area (TPSA) is 72.9 Å². The molecule has 20 heavy (non-hydrogen) atoms. The van der Waals surface area contributed by atoms with Crippen molar-refractivity contribution in [1.29, 1.82) is 0 Å². The lowest BCUT2D eigenvalue weighted by atomic mass is 10.2. The minimum Gasteiger partial charge on any atom is -0.480 e. The highest BCUT2D eigenvalue weighted by molar-refractivity contribution is 5.83. The van der Waals surface area contributed by atoms with Crippen LogP contribution >= 0.6 is 0 Å². The van der Waals surface area contributed by atoms with Crippen molar-refractivity contribution in [2.45, 2.75) is 58.7 Å². The molecule has 1 saturated heterocycles. The number of carbonyl (C=O) groups excluding carboxylic acids is 1. The zero-order chi connectivity index (χ0) is 15.3. The smallest absolute Gasteiger partial charge is 0.326 e. The summed E-state index contributed by atoms with van der Waals surface area (Å²) < 4.78 is 0. The van der Waals surface area contributed by atoms with E-state index in [0.717, 1.165) is 13.0 Å². The average Bonchev–Trinajstić information content (AvgIpc) is 2.82. The van der Waals surface area contributed by atoms with Crippen LogP contribution in [0.4, 0.5) is 4.79 Å². The van der Waals surface area contributed by atoms with E-state index in [0.29, 0.717) is 31.6 Å². The molecule has 2 N–H and O–H groups in total. The molecule has 0 spiro atoms. The van der Waals surface area contributed by atoms with Gasteiger partial charge in [-0.15, -0.1) is 0 Å². The summed E-state index contributed by atoms with van der Waals surface area (Å²) in [6.45, 7) is 10.3. The number of carbonyl (C=O) groups is 2. The molecule has 0 aromatic rings. The minimum absolute atomic E-state index is 0.262. The van der Waals surface area contributed by atoms with E-state index in [-0.39, 0.29) is 6.03 Å². The summed E-state index contributed by atoms with van der Waals surface area (Å²) in [5.74, 6) is -0.913. The Bertz CT molecular complexity index is 337. The molecule has 1 rings (SSSR count). The van der Waals surface area contributed by atoms with Gasteiger partial charge in [0.1, 0.15) is 6.04 Å². The van der Waals surface area contributed by atoms with E-state index in [2.05, 4.69) is 37.9 Å². The largest absolute Gasteiger partial charge is 0.480 e. The molecule has 1 fully saturated rings. The van der Waals surface area contributed by atoms with Gasteiger partial charge < -0.3 is 15.3 Å². The highest BCUT2D eigenvalue weighted by Crippen LogP contribution is 2.17. The van der Waals surface area contributed by atoms with Gasteiger partial charge in [-0.3, -0.25) is 4.90 Å². The normalized spacial score (nSPS) is 19.1. The maximum atomic E-state index is 12.0. The molecule has 1 aliphatic rings. The molecule has 0 aromatic carbocycles. The molecule has 1 atom stereocenters. The molecule has 0 radical (unpaired) electrons. The van der Waals surface area contributed by atoms with Gasteiger partial charge in [-0.05, 0) is 40.5 Å². The summed E-state index contributed by atoms with van der Waals surface area (Å²) in [5.41, 5.74) is 0. The van der Waals surface area contributed by atoms with Gasteiger partial charge in [-0.1, -0.05) is 0 Å². The third-order valence-corrected chi connectivity index (χ3v) is 3.77. The number of hydrogen-bond acceptors (Lipinski definition) is 3. The number of carboxylic acid groups (broad SMARTS) is 1. The van der Waals surface area contributed by atoms with E-state index in [4.69, 9.17) is 5.11 Å². The van der Waals surface area contributed by atoms with E-state index >= 15 is 0 Å². The van der Waals surface area contributed by atoms with Crippen molar-refractivity contribution >= 4 is 12.0 Å². The zero-order valence-corrected chi connectivity index (χ0v) is 12.9. The Hall–Kier alpha value is -1.30. The second-order valence-electron chi connectivity index (χ2n) is 5.85. The zero-order valence-electron chi connectivity index (χ0n) is 12.9. The first kappa shape index (κ1) is 16.8. The first-order valence-electron chi connectivity index (χ1n) is 7.37. The van der Waals surface area contributed by atoms with Crippen molar-refractivity contribution in [3.05, 3.63) is 0 Å². The highest BCUT2D eigenvalue weighted by atomic mass is 16.4. The number of nitrogens with zero attached hydrogens (tertiary/aromatic N) is 2. The predicted octanol–water partition coefficient (Wildman–Crippen LogP) is 1.36. The van der Waals surface area contributed by atoms with Crippen LogP contribution in [0.2, 0.25) is 0 Å². The van der Waals surface area contributed by atoms with Crippen LogP contribution in [-0.2, 0) is 4.79 Å². The van der Waals surface area contributed by atoms with Gasteiger partial charge in [0.05, 0.1) is 0 Å². The average molecular weight is 285 g/mol. The van der Waals surface area contributed by atoms with Gasteiger partial charge >= 0.3 is 12.0 Å². The molecule has 1 aliphatic heterocycles. The van der Waals surface area contributed by atoms with Crippen molar-refractivity contribution in [2.24, 2.45) is 0 Å². The number of urea groups is 1. The Labute approximate surface area is 121 Å². The summed E-state index contributed by atoms with van der Waals surface area (Å²) in [4.78, 5) is 26.8. The third-order valence-electron chi connectivity index (χ3n) is 3.77. The molecule has 2 amide bonds. The number of carboxylic acids is 1. The molecular formula is C14H27N3O3. The fraction of sp³-hybridized carbons (Fsp3) is 0.857. The molecule has 1 unspecified atom stereocenters. The van der Waals surface area contributed by atoms with Crippen molar-refractivity contribution in [2.75, 3.05) is 19.6 Å². The van der Waals surface area contributed by atoms with Crippen LogP contribution in [0.15, 0.2) is 0 Å². The number of amides is 2. The summed E-state index contributed by atoms with van der Waals surface area (Å²) in [6, 6.07) is -0.0837. The number of aliphatic carboxylic acids is 1. The molecule has 116 valence electrons. The van der Waals surface area contributed by atoms with E-state index in [9.17, 15) is 9.59 Å². The summed E-state index contributed by atoms with van der Waals surface area (Å²) in [7, 11) is 0. The van der Waals surface area contributed by atoms with Gasteiger partial charge in [0.2, 0.25) is 0 Å². The van der Waals surface area contributed by atoms with E-state index in [1.165, 1.54) is 4.90 Å². The second kappa shape index (κ2) is 7.47. The lowest BCUT2D eigenvalue weighted by Gasteiger charge is -2.31. The van der Waals surface area contributed by atoms with Crippen LogP contribution < -0.4 is 5.32 Å². The molecule has 6 heteroatoms. The molecule has 1 heterocycles. The Morgan fingerprint density at radius 3 is 2.40 bits per heavy atom. The fourth-order valence-electron chi connectivity index (χ4n) is 2.77. The van der Waals surface area contributed by atoms with Crippen LogP contribution in [0.25, 0.3) is 0 Å². The van der Waals surface area contributed by atoms with Crippen LogP contribution in [0.3, 0.4) is 0 Å². The maximum Gasteiger partial charge on any atom is 0.326 e. The monoisotopic (exact) mass is 285 g/mol. The molecule has 0 aliphatic carbocycles. The first-order valence-corrected chi connectivity index (χ1v) is 7.37. The van der Waals surface area contributed by atoms with Gasteiger partial charge in [-0.2, -0.15) is 0 Å². The summed E-state index contributed by atoms with van der Waals surface area (Å²) in [6.07, 6.45) is 1.31. The molecular weight excluding hydrogens is 258 g/mol. The van der Waals surface area contributed by atoms with Crippen molar-refractivity contribution in [3.8, 4) is 0 Å². The number of likely N-dealkylation sites (tertiary alicyclic amines) is 1. The van der Waals surface area contributed by atoms with Gasteiger partial charge in [0.25, 0.3) is 0 Å². The standard InChI is InChI=1S/C14H27N3O3/c1-10(2)16(11(3)4)9-7-15-14(20)17-8-5-6-12(17)13(18)19/h10-12H,5-9H2,1-4H3,(H,15,20)(H,18,19). The van der Waals surface area contributed by atoms with E-state index < -0.39 is 12.0 Å². The first-order chi connectivity index (χ1) is 9.34. The molecule has 6 nitrogen and oxygen atoms in total. The molecule has 0 aromatic heterocycles. The fourth-order valence-corrected chi connectivity index (χ4v) is 2.77. The SMILES string of the molecule is CC(C)N(CCNC(=O)N1CCCC1C(=O)O)C(C)C. The second-order valence-corrected chi connectivity index (χ2v) is 5.85. The van der Waals surface area contributed by atoms with Crippen molar-refractivity contribution in [1.82, 2.24) is 15.1 Å². The summed E-state index contributed by atoms with van der Waals surface area (Å²) >= 11 is 0. The Balaban J connectivity index is 2.41. The van der Waals surface area contributed by atoms with Crippen molar-refractivity contribution in [3.63, 3.8) is 0 Å². The quantitative estimate of drug-likeness (QED) is 0.773. The lowest BCUT2D eigenvalue weighted by molar-refractivity contribution is -0.141. The van der Waals surface area contributed by atoms with Crippen LogP contribution in [0.5, 0.6) is 0 Å². The molecule has 0 bridgehead atoms. The third kappa shape index (κ3) is 4.37. The Morgan fingerprint density at radius 1 is 1.30 bits per heavy atom.